The van der Waals surface area contributed by atoms with Gasteiger partial charge in [-0.25, -0.2) is 0 Å². The molecule has 0 spiro atoms. The lowest BCUT2D eigenvalue weighted by Gasteiger charge is -2.24. The molecule has 1 N–H and O–H groups in total. The van der Waals surface area contributed by atoms with Gasteiger partial charge >= 0.3 is 0 Å². The summed E-state index contributed by atoms with van der Waals surface area (Å²) in [5.74, 6) is 0.241. The standard InChI is InChI=1S/C23H24N2O2/c1-14-6-4-7-15(2)21(14)23(27)25-16(3)12-18-13-19(10-11-20(18)25)24-22(26)17-8-5-9-17/h4,6-7,10-13,17H,5,8-9H2,1-3H3,(H,24,26). The Morgan fingerprint density at radius 3 is 2.33 bits per heavy atom. The molecular formula is C23H24N2O2. The highest BCUT2D eigenvalue weighted by Crippen LogP contribution is 2.29. The third kappa shape index (κ3) is 3.05. The average Bonchev–Trinajstić information content (AvgIpc) is 2.87. The molecule has 0 bridgehead atoms. The molecule has 0 radical (unpaired) electrons. The number of fused-ring (bicyclic) bond motifs is 1. The number of nitrogens with one attached hydrogen (secondary N) is 1. The van der Waals surface area contributed by atoms with Crippen molar-refractivity contribution in [2.45, 2.75) is 40.0 Å². The summed E-state index contributed by atoms with van der Waals surface area (Å²) in [5.41, 5.74) is 5.25. The van der Waals surface area contributed by atoms with E-state index < -0.39 is 0 Å². The van der Waals surface area contributed by atoms with Crippen LogP contribution in [-0.2, 0) is 4.79 Å². The Hall–Kier alpha value is -2.88. The minimum Gasteiger partial charge on any atom is -0.326 e. The summed E-state index contributed by atoms with van der Waals surface area (Å²) in [6.45, 7) is 5.88. The van der Waals surface area contributed by atoms with Crippen molar-refractivity contribution in [1.29, 1.82) is 0 Å². The summed E-state index contributed by atoms with van der Waals surface area (Å²) in [6.07, 6.45) is 3.10. The van der Waals surface area contributed by atoms with Crippen LogP contribution in [0.5, 0.6) is 0 Å². The normalized spacial score (nSPS) is 14.2. The van der Waals surface area contributed by atoms with Crippen LogP contribution in [-0.4, -0.2) is 16.4 Å². The number of aromatic nitrogens is 1. The van der Waals surface area contributed by atoms with Crippen LogP contribution in [0.15, 0.2) is 42.5 Å². The van der Waals surface area contributed by atoms with Crippen LogP contribution in [0.1, 0.15) is 46.4 Å². The molecule has 0 unspecified atom stereocenters. The van der Waals surface area contributed by atoms with E-state index in [1.807, 2.05) is 63.2 Å². The Balaban J connectivity index is 1.71. The van der Waals surface area contributed by atoms with E-state index in [0.29, 0.717) is 0 Å². The zero-order chi connectivity index (χ0) is 19.1. The van der Waals surface area contributed by atoms with Crippen molar-refractivity contribution < 1.29 is 9.59 Å². The average molecular weight is 360 g/mol. The third-order valence-electron chi connectivity index (χ3n) is 5.63. The molecule has 0 atom stereocenters. The van der Waals surface area contributed by atoms with E-state index in [0.717, 1.165) is 58.2 Å². The molecule has 1 aliphatic carbocycles. The van der Waals surface area contributed by atoms with Gasteiger partial charge in [-0.15, -0.1) is 0 Å². The first kappa shape index (κ1) is 17.5. The molecule has 1 fully saturated rings. The highest BCUT2D eigenvalue weighted by atomic mass is 16.2. The highest BCUT2D eigenvalue weighted by molar-refractivity contribution is 6.05. The van der Waals surface area contributed by atoms with E-state index in [9.17, 15) is 9.59 Å². The second-order valence-corrected chi connectivity index (χ2v) is 7.58. The van der Waals surface area contributed by atoms with E-state index in [2.05, 4.69) is 5.32 Å². The van der Waals surface area contributed by atoms with Crippen molar-refractivity contribution >= 4 is 28.4 Å². The second-order valence-electron chi connectivity index (χ2n) is 7.58. The minimum atomic E-state index is -0.00986. The van der Waals surface area contributed by atoms with E-state index in [4.69, 9.17) is 0 Å². The van der Waals surface area contributed by atoms with Crippen LogP contribution in [0, 0.1) is 26.7 Å². The highest BCUT2D eigenvalue weighted by Gasteiger charge is 2.25. The largest absolute Gasteiger partial charge is 0.326 e. The number of nitrogens with zero attached hydrogens (tertiary/aromatic N) is 1. The molecule has 1 saturated carbocycles. The van der Waals surface area contributed by atoms with Gasteiger partial charge in [0, 0.05) is 28.2 Å². The van der Waals surface area contributed by atoms with Crippen molar-refractivity contribution in [2.24, 2.45) is 5.92 Å². The van der Waals surface area contributed by atoms with Gasteiger partial charge in [0.1, 0.15) is 0 Å². The second kappa shape index (κ2) is 6.69. The van der Waals surface area contributed by atoms with Crippen LogP contribution in [0.2, 0.25) is 0 Å². The zero-order valence-corrected chi connectivity index (χ0v) is 16.0. The Kier molecular flexibility index (Phi) is 4.34. The number of amides is 1. The maximum atomic E-state index is 13.3. The molecule has 3 aromatic rings. The molecular weight excluding hydrogens is 336 g/mol. The van der Waals surface area contributed by atoms with Crippen molar-refractivity contribution in [3.05, 3.63) is 64.8 Å². The lowest BCUT2D eigenvalue weighted by molar-refractivity contribution is -0.122. The topological polar surface area (TPSA) is 51.1 Å². The molecule has 1 aromatic heterocycles. The molecule has 27 heavy (non-hydrogen) atoms. The van der Waals surface area contributed by atoms with Gasteiger partial charge in [-0.3, -0.25) is 14.2 Å². The third-order valence-corrected chi connectivity index (χ3v) is 5.63. The number of benzene rings is 2. The summed E-state index contributed by atoms with van der Waals surface area (Å²) < 4.78 is 1.77. The van der Waals surface area contributed by atoms with Crippen LogP contribution in [0.4, 0.5) is 5.69 Å². The molecule has 0 aliphatic heterocycles. The number of hydrogen-bond donors (Lipinski definition) is 1. The maximum absolute atomic E-state index is 13.3. The van der Waals surface area contributed by atoms with Gasteiger partial charge < -0.3 is 5.32 Å². The smallest absolute Gasteiger partial charge is 0.263 e. The van der Waals surface area contributed by atoms with Crippen LogP contribution in [0.25, 0.3) is 10.9 Å². The van der Waals surface area contributed by atoms with Gasteiger partial charge in [-0.2, -0.15) is 0 Å². The van der Waals surface area contributed by atoms with Gasteiger partial charge in [-0.1, -0.05) is 24.6 Å². The monoisotopic (exact) mass is 360 g/mol. The molecule has 1 heterocycles. The Morgan fingerprint density at radius 2 is 1.70 bits per heavy atom. The molecule has 138 valence electrons. The Bertz CT molecular complexity index is 1040. The fourth-order valence-corrected chi connectivity index (χ4v) is 3.88. The van der Waals surface area contributed by atoms with Crippen LogP contribution < -0.4 is 5.32 Å². The fraction of sp³-hybridized carbons (Fsp3) is 0.304. The first-order valence-electron chi connectivity index (χ1n) is 9.49. The van der Waals surface area contributed by atoms with Crippen molar-refractivity contribution in [2.75, 3.05) is 5.32 Å². The Labute approximate surface area is 159 Å². The van der Waals surface area contributed by atoms with Crippen molar-refractivity contribution in [3.63, 3.8) is 0 Å². The van der Waals surface area contributed by atoms with Crippen molar-refractivity contribution in [3.8, 4) is 0 Å². The van der Waals surface area contributed by atoms with Gasteiger partial charge in [0.2, 0.25) is 5.91 Å². The number of carbonyl (C=O) groups is 2. The van der Waals surface area contributed by atoms with Crippen LogP contribution >= 0.6 is 0 Å². The van der Waals surface area contributed by atoms with Crippen LogP contribution in [0.3, 0.4) is 0 Å². The summed E-state index contributed by atoms with van der Waals surface area (Å²) in [7, 11) is 0. The fourth-order valence-electron chi connectivity index (χ4n) is 3.88. The molecule has 1 aliphatic rings. The molecule has 4 heteroatoms. The maximum Gasteiger partial charge on any atom is 0.263 e. The van der Waals surface area contributed by atoms with Gasteiger partial charge in [0.15, 0.2) is 0 Å². The summed E-state index contributed by atoms with van der Waals surface area (Å²) in [4.78, 5) is 25.5. The summed E-state index contributed by atoms with van der Waals surface area (Å²) >= 11 is 0. The minimum absolute atomic E-state index is 0.00986. The number of aryl methyl sites for hydroxylation is 3. The molecule has 2 aromatic carbocycles. The number of carbonyl (C=O) groups excluding carboxylic acids is 2. The number of hydrogen-bond acceptors (Lipinski definition) is 2. The lowest BCUT2D eigenvalue weighted by Crippen LogP contribution is -2.27. The quantitative estimate of drug-likeness (QED) is 0.715. The number of rotatable bonds is 3. The first-order valence-corrected chi connectivity index (χ1v) is 9.49. The molecule has 4 rings (SSSR count). The molecule has 1 amide bonds. The van der Waals surface area contributed by atoms with Crippen molar-refractivity contribution in [1.82, 2.24) is 4.57 Å². The zero-order valence-electron chi connectivity index (χ0n) is 16.0. The van der Waals surface area contributed by atoms with E-state index >= 15 is 0 Å². The first-order chi connectivity index (χ1) is 13.0. The molecule has 4 nitrogen and oxygen atoms in total. The summed E-state index contributed by atoms with van der Waals surface area (Å²) in [5, 5.41) is 3.97. The van der Waals surface area contributed by atoms with E-state index in [-0.39, 0.29) is 17.7 Å². The summed E-state index contributed by atoms with van der Waals surface area (Å²) in [6, 6.07) is 13.7. The van der Waals surface area contributed by atoms with Gasteiger partial charge in [-0.05, 0) is 69.0 Å². The van der Waals surface area contributed by atoms with Gasteiger partial charge in [0.25, 0.3) is 5.91 Å². The Morgan fingerprint density at radius 1 is 1.00 bits per heavy atom. The van der Waals surface area contributed by atoms with E-state index in [1.54, 1.807) is 4.57 Å². The molecule has 0 saturated heterocycles. The number of anilines is 1. The predicted molar refractivity (Wildman–Crippen MR) is 108 cm³/mol. The van der Waals surface area contributed by atoms with Gasteiger partial charge in [0.05, 0.1) is 5.52 Å². The SMILES string of the molecule is Cc1cccc(C)c1C(=O)n1c(C)cc2cc(NC(=O)C3CCC3)ccc21. The van der Waals surface area contributed by atoms with E-state index in [1.165, 1.54) is 0 Å². The lowest BCUT2D eigenvalue weighted by atomic mass is 9.85. The predicted octanol–water partition coefficient (Wildman–Crippen LogP) is 4.99.